The van der Waals surface area contributed by atoms with Crippen molar-refractivity contribution in [2.24, 2.45) is 7.05 Å². The van der Waals surface area contributed by atoms with Gasteiger partial charge in [0.15, 0.2) is 5.69 Å². The van der Waals surface area contributed by atoms with Crippen LogP contribution >= 0.6 is 11.8 Å². The first-order valence-electron chi connectivity index (χ1n) is 9.34. The maximum absolute atomic E-state index is 13.3. The molecule has 148 valence electrons. The number of para-hydroxylation sites is 1. The lowest BCUT2D eigenvalue weighted by Gasteiger charge is -2.13. The van der Waals surface area contributed by atoms with Gasteiger partial charge in [0.05, 0.1) is 11.4 Å². The Labute approximate surface area is 173 Å². The molecule has 0 amide bonds. The molecule has 0 spiro atoms. The molecule has 29 heavy (non-hydrogen) atoms. The number of aromatic nitrogens is 6. The Morgan fingerprint density at radius 3 is 2.41 bits per heavy atom. The molecule has 2 aromatic heterocycles. The maximum Gasteiger partial charge on any atom is 0.297 e. The second-order valence-electron chi connectivity index (χ2n) is 6.90. The number of rotatable bonds is 5. The molecule has 0 saturated heterocycles. The Bertz CT molecular complexity index is 1210. The standard InChI is InChI=1S/C21H22N6OS/c1-14-10-8-9-13-18(14)16(3)29-21-22-23-24-26(21)19-15(2)25(4)27(20(19)28)17-11-6-5-7-12-17/h5-13,16H,1-4H3. The van der Waals surface area contributed by atoms with Crippen LogP contribution in [0, 0.1) is 13.8 Å². The zero-order valence-corrected chi connectivity index (χ0v) is 17.6. The highest BCUT2D eigenvalue weighted by atomic mass is 32.2. The molecule has 0 aliphatic carbocycles. The SMILES string of the molecule is Cc1ccccc1C(C)Sc1nnnn1-c1c(C)n(C)n(-c2ccccc2)c1=O. The summed E-state index contributed by atoms with van der Waals surface area (Å²) in [5.41, 5.74) is 4.32. The molecule has 2 aromatic carbocycles. The second-order valence-corrected chi connectivity index (χ2v) is 8.21. The topological polar surface area (TPSA) is 70.5 Å². The monoisotopic (exact) mass is 406 g/mol. The molecule has 0 aliphatic heterocycles. The molecule has 1 atom stereocenters. The minimum Gasteiger partial charge on any atom is -0.283 e. The third-order valence-corrected chi connectivity index (χ3v) is 6.16. The zero-order chi connectivity index (χ0) is 20.5. The first-order valence-corrected chi connectivity index (χ1v) is 10.2. The summed E-state index contributed by atoms with van der Waals surface area (Å²) >= 11 is 1.54. The quantitative estimate of drug-likeness (QED) is 0.474. The predicted octanol–water partition coefficient (Wildman–Crippen LogP) is 3.62. The summed E-state index contributed by atoms with van der Waals surface area (Å²) in [4.78, 5) is 13.3. The number of hydrogen-bond donors (Lipinski definition) is 0. The van der Waals surface area contributed by atoms with Gasteiger partial charge in [0.25, 0.3) is 5.56 Å². The van der Waals surface area contributed by atoms with Gasteiger partial charge in [-0.1, -0.05) is 54.2 Å². The van der Waals surface area contributed by atoms with E-state index in [-0.39, 0.29) is 10.8 Å². The third-order valence-electron chi connectivity index (χ3n) is 5.09. The largest absolute Gasteiger partial charge is 0.297 e. The molecular weight excluding hydrogens is 384 g/mol. The number of benzene rings is 2. The summed E-state index contributed by atoms with van der Waals surface area (Å²) in [5.74, 6) is 0. The second kappa shape index (κ2) is 7.71. The van der Waals surface area contributed by atoms with Crippen molar-refractivity contribution in [3.05, 3.63) is 81.8 Å². The molecule has 2 heterocycles. The normalized spacial score (nSPS) is 12.3. The zero-order valence-electron chi connectivity index (χ0n) is 16.8. The van der Waals surface area contributed by atoms with Crippen molar-refractivity contribution >= 4 is 11.8 Å². The van der Waals surface area contributed by atoms with E-state index in [9.17, 15) is 4.79 Å². The molecule has 7 nitrogen and oxygen atoms in total. The fourth-order valence-electron chi connectivity index (χ4n) is 3.46. The Hall–Kier alpha value is -3.13. The molecule has 4 aromatic rings. The molecule has 0 radical (unpaired) electrons. The molecule has 4 rings (SSSR count). The van der Waals surface area contributed by atoms with Gasteiger partial charge in [0, 0.05) is 12.3 Å². The van der Waals surface area contributed by atoms with E-state index < -0.39 is 0 Å². The summed E-state index contributed by atoms with van der Waals surface area (Å²) in [6, 6.07) is 17.8. The van der Waals surface area contributed by atoms with Crippen LogP contribution in [0.25, 0.3) is 11.4 Å². The number of hydrogen-bond acceptors (Lipinski definition) is 5. The smallest absolute Gasteiger partial charge is 0.283 e. The molecular formula is C21H22N6OS. The van der Waals surface area contributed by atoms with E-state index in [2.05, 4.69) is 41.5 Å². The average Bonchev–Trinajstić information content (AvgIpc) is 3.24. The van der Waals surface area contributed by atoms with E-state index >= 15 is 0 Å². The lowest BCUT2D eigenvalue weighted by molar-refractivity contribution is 0.630. The molecule has 1 unspecified atom stereocenters. The molecule has 8 heteroatoms. The molecule has 0 fully saturated rings. The lowest BCUT2D eigenvalue weighted by atomic mass is 10.1. The van der Waals surface area contributed by atoms with Crippen LogP contribution in [0.5, 0.6) is 0 Å². The van der Waals surface area contributed by atoms with Gasteiger partial charge in [0.2, 0.25) is 5.16 Å². The van der Waals surface area contributed by atoms with Crippen LogP contribution in [0.4, 0.5) is 0 Å². The van der Waals surface area contributed by atoms with Gasteiger partial charge in [-0.05, 0) is 54.5 Å². The van der Waals surface area contributed by atoms with Crippen molar-refractivity contribution < 1.29 is 0 Å². The predicted molar refractivity (Wildman–Crippen MR) is 114 cm³/mol. The summed E-state index contributed by atoms with van der Waals surface area (Å²) in [6.07, 6.45) is 0. The Morgan fingerprint density at radius 1 is 1.00 bits per heavy atom. The van der Waals surface area contributed by atoms with Crippen molar-refractivity contribution in [2.45, 2.75) is 31.2 Å². The van der Waals surface area contributed by atoms with Gasteiger partial charge in [0.1, 0.15) is 0 Å². The summed E-state index contributed by atoms with van der Waals surface area (Å²) in [6.45, 7) is 6.11. The summed E-state index contributed by atoms with van der Waals surface area (Å²) < 4.78 is 5.01. The lowest BCUT2D eigenvalue weighted by Crippen LogP contribution is -2.22. The first kappa shape index (κ1) is 19.2. The minimum absolute atomic E-state index is 0.140. The Morgan fingerprint density at radius 2 is 1.69 bits per heavy atom. The van der Waals surface area contributed by atoms with Gasteiger partial charge < -0.3 is 0 Å². The summed E-state index contributed by atoms with van der Waals surface area (Å²) in [7, 11) is 1.86. The fraction of sp³-hybridized carbons (Fsp3) is 0.238. The van der Waals surface area contributed by atoms with Crippen LogP contribution in [0.3, 0.4) is 0 Å². The highest BCUT2D eigenvalue weighted by Gasteiger charge is 2.23. The van der Waals surface area contributed by atoms with Crippen molar-refractivity contribution in [3.8, 4) is 11.4 Å². The van der Waals surface area contributed by atoms with E-state index in [0.717, 1.165) is 11.4 Å². The van der Waals surface area contributed by atoms with E-state index in [1.54, 1.807) is 9.36 Å². The van der Waals surface area contributed by atoms with Crippen LogP contribution in [0.15, 0.2) is 64.5 Å². The third kappa shape index (κ3) is 3.40. The van der Waals surface area contributed by atoms with Crippen LogP contribution in [0.2, 0.25) is 0 Å². The van der Waals surface area contributed by atoms with Crippen LogP contribution in [-0.2, 0) is 7.05 Å². The van der Waals surface area contributed by atoms with E-state index in [0.29, 0.717) is 10.8 Å². The van der Waals surface area contributed by atoms with Crippen molar-refractivity contribution in [1.29, 1.82) is 0 Å². The fourth-order valence-corrected chi connectivity index (χ4v) is 4.47. The van der Waals surface area contributed by atoms with Crippen LogP contribution in [-0.4, -0.2) is 29.6 Å². The van der Waals surface area contributed by atoms with Gasteiger partial charge in [-0.2, -0.15) is 4.68 Å². The van der Waals surface area contributed by atoms with Crippen LogP contribution < -0.4 is 5.56 Å². The average molecular weight is 407 g/mol. The van der Waals surface area contributed by atoms with E-state index in [4.69, 9.17) is 0 Å². The van der Waals surface area contributed by atoms with Crippen LogP contribution in [0.1, 0.15) is 29.0 Å². The Balaban J connectivity index is 1.76. The number of thioether (sulfide) groups is 1. The highest BCUT2D eigenvalue weighted by Crippen LogP contribution is 2.35. The molecule has 0 bridgehead atoms. The minimum atomic E-state index is -0.158. The number of aryl methyl sites for hydroxylation is 1. The van der Waals surface area contributed by atoms with Crippen molar-refractivity contribution in [1.82, 2.24) is 29.6 Å². The van der Waals surface area contributed by atoms with E-state index in [1.165, 1.54) is 22.9 Å². The van der Waals surface area contributed by atoms with Gasteiger partial charge in [-0.15, -0.1) is 5.10 Å². The highest BCUT2D eigenvalue weighted by molar-refractivity contribution is 7.99. The summed E-state index contributed by atoms with van der Waals surface area (Å²) in [5, 5.41) is 12.9. The van der Waals surface area contributed by atoms with Gasteiger partial charge >= 0.3 is 0 Å². The molecule has 0 N–H and O–H groups in total. The maximum atomic E-state index is 13.3. The first-order chi connectivity index (χ1) is 14.0. The number of tetrazole rings is 1. The number of nitrogens with zero attached hydrogens (tertiary/aromatic N) is 6. The molecule has 0 saturated carbocycles. The Kier molecular flexibility index (Phi) is 5.10. The van der Waals surface area contributed by atoms with Crippen molar-refractivity contribution in [2.75, 3.05) is 0 Å². The van der Waals surface area contributed by atoms with Gasteiger partial charge in [-0.3, -0.25) is 9.48 Å². The molecule has 0 aliphatic rings. The van der Waals surface area contributed by atoms with Gasteiger partial charge in [-0.25, -0.2) is 4.68 Å². The van der Waals surface area contributed by atoms with E-state index in [1.807, 2.05) is 61.1 Å². The van der Waals surface area contributed by atoms with Crippen molar-refractivity contribution in [3.63, 3.8) is 0 Å².